The van der Waals surface area contributed by atoms with Gasteiger partial charge >= 0.3 is 5.97 Å². The normalized spacial score (nSPS) is 17.9. The van der Waals surface area contributed by atoms with Gasteiger partial charge in [0.1, 0.15) is 16.5 Å². The second kappa shape index (κ2) is 10.8. The number of piperazine rings is 1. The van der Waals surface area contributed by atoms with E-state index in [2.05, 4.69) is 57.1 Å². The zero-order valence-electron chi connectivity index (χ0n) is 20.9. The van der Waals surface area contributed by atoms with Gasteiger partial charge in [0, 0.05) is 51.4 Å². The van der Waals surface area contributed by atoms with Crippen LogP contribution >= 0.6 is 11.3 Å². The molecule has 0 aliphatic carbocycles. The molecule has 0 radical (unpaired) electrons. The monoisotopic (exact) mass is 488 g/mol. The molecule has 2 aliphatic rings. The molecule has 0 aromatic carbocycles. The highest BCUT2D eigenvalue weighted by atomic mass is 32.1. The summed E-state index contributed by atoms with van der Waals surface area (Å²) in [6.45, 7) is 9.75. The van der Waals surface area contributed by atoms with E-state index in [0.717, 1.165) is 63.7 Å². The number of nitrogens with one attached hydrogen (secondary N) is 1. The molecule has 0 bridgehead atoms. The van der Waals surface area contributed by atoms with Crippen molar-refractivity contribution in [1.29, 1.82) is 0 Å². The Kier molecular flexibility index (Phi) is 7.84. The molecule has 34 heavy (non-hydrogen) atoms. The van der Waals surface area contributed by atoms with Crippen LogP contribution in [0.2, 0.25) is 0 Å². The quantitative estimate of drug-likeness (QED) is 0.586. The molecule has 4 rings (SSSR count). The predicted octanol–water partition coefficient (Wildman–Crippen LogP) is 2.44. The number of aromatic nitrogens is 3. The van der Waals surface area contributed by atoms with Crippen LogP contribution in [0.5, 0.6) is 0 Å². The van der Waals surface area contributed by atoms with Crippen LogP contribution in [-0.4, -0.2) is 104 Å². The maximum Gasteiger partial charge on any atom is 0.350 e. The number of piperidine rings is 1. The Labute approximate surface area is 205 Å². The summed E-state index contributed by atoms with van der Waals surface area (Å²) >= 11 is 1.27. The minimum Gasteiger partial charge on any atom is -0.462 e. The Bertz CT molecular complexity index is 981. The van der Waals surface area contributed by atoms with Crippen molar-refractivity contribution in [3.05, 3.63) is 16.6 Å². The Morgan fingerprint density at radius 3 is 2.29 bits per heavy atom. The number of hydrogen-bond acceptors (Lipinski definition) is 11. The van der Waals surface area contributed by atoms with E-state index >= 15 is 0 Å². The molecule has 2 aliphatic heterocycles. The molecular weight excluding hydrogens is 452 g/mol. The maximum absolute atomic E-state index is 12.2. The van der Waals surface area contributed by atoms with Crippen LogP contribution in [0.25, 0.3) is 0 Å². The van der Waals surface area contributed by atoms with Gasteiger partial charge in [0.15, 0.2) is 5.13 Å². The van der Waals surface area contributed by atoms with Gasteiger partial charge in [-0.2, -0.15) is 9.97 Å². The Hall–Kier alpha value is -2.50. The van der Waals surface area contributed by atoms with E-state index in [0.29, 0.717) is 34.3 Å². The molecule has 0 spiro atoms. The first-order valence-electron chi connectivity index (χ1n) is 12.0. The van der Waals surface area contributed by atoms with Gasteiger partial charge < -0.3 is 24.3 Å². The number of hydrogen-bond donors (Lipinski definition) is 1. The van der Waals surface area contributed by atoms with Crippen molar-refractivity contribution < 1.29 is 9.53 Å². The minimum atomic E-state index is -0.345. The zero-order valence-corrected chi connectivity index (χ0v) is 21.7. The minimum absolute atomic E-state index is 0.336. The topological polar surface area (TPSA) is 90.0 Å². The number of ether oxygens (including phenoxy) is 1. The molecule has 2 saturated heterocycles. The number of nitrogens with zero attached hydrogens (tertiary/aromatic N) is 7. The number of carbonyl (C=O) groups excluding carboxylic acids is 1. The lowest BCUT2D eigenvalue weighted by molar-refractivity contribution is 0.0531. The molecule has 2 aromatic rings. The lowest BCUT2D eigenvalue weighted by Crippen LogP contribution is -2.45. The van der Waals surface area contributed by atoms with Crippen LogP contribution in [0.15, 0.2) is 6.07 Å². The number of esters is 1. The average molecular weight is 489 g/mol. The molecule has 4 heterocycles. The van der Waals surface area contributed by atoms with Crippen LogP contribution in [0.1, 0.15) is 35.1 Å². The summed E-state index contributed by atoms with van der Waals surface area (Å²) in [7, 11) is 6.45. The number of thiazole rings is 1. The van der Waals surface area contributed by atoms with Gasteiger partial charge in [-0.1, -0.05) is 11.3 Å². The first-order chi connectivity index (χ1) is 16.3. The van der Waals surface area contributed by atoms with Crippen molar-refractivity contribution >= 4 is 40.0 Å². The van der Waals surface area contributed by atoms with Gasteiger partial charge in [-0.25, -0.2) is 9.78 Å². The third-order valence-corrected chi connectivity index (χ3v) is 7.57. The SMILES string of the molecule is CCOC(=O)c1sc(Nc2nc(N3CCC(N(C)C)CC3)cc(N3CCN(C)CC3)n2)nc1C. The summed E-state index contributed by atoms with van der Waals surface area (Å²) < 4.78 is 5.15. The lowest BCUT2D eigenvalue weighted by atomic mass is 10.0. The molecule has 0 atom stereocenters. The fourth-order valence-electron chi connectivity index (χ4n) is 4.38. The van der Waals surface area contributed by atoms with Gasteiger partial charge in [-0.05, 0) is 47.8 Å². The fourth-order valence-corrected chi connectivity index (χ4v) is 5.23. The first-order valence-corrected chi connectivity index (χ1v) is 12.8. The maximum atomic E-state index is 12.2. The second-order valence-corrected chi connectivity index (χ2v) is 10.2. The molecule has 186 valence electrons. The number of likely N-dealkylation sites (N-methyl/N-ethyl adjacent to an activating group) is 1. The summed E-state index contributed by atoms with van der Waals surface area (Å²) in [6, 6.07) is 2.72. The van der Waals surface area contributed by atoms with Crippen molar-refractivity contribution in [1.82, 2.24) is 24.8 Å². The summed E-state index contributed by atoms with van der Waals surface area (Å²) in [5, 5.41) is 3.85. The van der Waals surface area contributed by atoms with Gasteiger partial charge in [-0.15, -0.1) is 0 Å². The van der Waals surface area contributed by atoms with Crippen molar-refractivity contribution in [3.63, 3.8) is 0 Å². The van der Waals surface area contributed by atoms with Crippen molar-refractivity contribution in [2.75, 3.05) is 82.1 Å². The van der Waals surface area contributed by atoms with Crippen LogP contribution in [-0.2, 0) is 4.74 Å². The summed E-state index contributed by atoms with van der Waals surface area (Å²) in [5.41, 5.74) is 0.646. The Balaban J connectivity index is 1.59. The van der Waals surface area contributed by atoms with E-state index in [1.54, 1.807) is 6.92 Å². The number of anilines is 4. The summed E-state index contributed by atoms with van der Waals surface area (Å²) in [4.78, 5) is 36.3. The predicted molar refractivity (Wildman–Crippen MR) is 137 cm³/mol. The largest absolute Gasteiger partial charge is 0.462 e. The van der Waals surface area contributed by atoms with Gasteiger partial charge in [-0.3, -0.25) is 5.32 Å². The van der Waals surface area contributed by atoms with Crippen molar-refractivity contribution in [2.24, 2.45) is 0 Å². The van der Waals surface area contributed by atoms with E-state index in [1.807, 2.05) is 6.92 Å². The van der Waals surface area contributed by atoms with Crippen molar-refractivity contribution in [3.8, 4) is 0 Å². The number of rotatable bonds is 7. The third-order valence-electron chi connectivity index (χ3n) is 6.52. The Morgan fingerprint density at radius 1 is 1.09 bits per heavy atom. The summed E-state index contributed by atoms with van der Waals surface area (Å²) in [6.07, 6.45) is 2.22. The molecule has 2 fully saturated rings. The van der Waals surface area contributed by atoms with Crippen LogP contribution in [0, 0.1) is 6.92 Å². The number of aryl methyl sites for hydroxylation is 1. The molecular formula is C23H36N8O2S. The molecule has 10 nitrogen and oxygen atoms in total. The van der Waals surface area contributed by atoms with E-state index in [9.17, 15) is 4.79 Å². The molecule has 1 N–H and O–H groups in total. The standard InChI is InChI=1S/C23H36N8O2S/c1-6-33-21(32)20-16(2)24-23(34-20)27-22-25-18(30-9-7-17(8-10-30)28(3)4)15-19(26-22)31-13-11-29(5)12-14-31/h15,17H,6-14H2,1-5H3,(H,24,25,26,27). The van der Waals surface area contributed by atoms with E-state index in [1.165, 1.54) is 11.3 Å². The van der Waals surface area contributed by atoms with E-state index in [4.69, 9.17) is 14.7 Å². The van der Waals surface area contributed by atoms with E-state index in [-0.39, 0.29) is 5.97 Å². The average Bonchev–Trinajstić information content (AvgIpc) is 3.19. The molecule has 11 heteroatoms. The fraction of sp³-hybridized carbons (Fsp3) is 0.652. The second-order valence-electron chi connectivity index (χ2n) is 9.16. The van der Waals surface area contributed by atoms with Crippen LogP contribution in [0.4, 0.5) is 22.7 Å². The van der Waals surface area contributed by atoms with Crippen molar-refractivity contribution in [2.45, 2.75) is 32.7 Å². The van der Waals surface area contributed by atoms with Crippen LogP contribution in [0.3, 0.4) is 0 Å². The molecule has 2 aromatic heterocycles. The van der Waals surface area contributed by atoms with Crippen LogP contribution < -0.4 is 15.1 Å². The van der Waals surface area contributed by atoms with Gasteiger partial charge in [0.2, 0.25) is 5.95 Å². The van der Waals surface area contributed by atoms with E-state index < -0.39 is 0 Å². The smallest absolute Gasteiger partial charge is 0.350 e. The zero-order chi connectivity index (χ0) is 24.2. The molecule has 0 amide bonds. The summed E-state index contributed by atoms with van der Waals surface area (Å²) in [5.74, 6) is 2.02. The highest BCUT2D eigenvalue weighted by molar-refractivity contribution is 7.17. The third kappa shape index (κ3) is 5.76. The highest BCUT2D eigenvalue weighted by Crippen LogP contribution is 2.29. The first kappa shape index (κ1) is 24.6. The highest BCUT2D eigenvalue weighted by Gasteiger charge is 2.24. The molecule has 0 unspecified atom stereocenters. The van der Waals surface area contributed by atoms with Gasteiger partial charge in [0.05, 0.1) is 12.3 Å². The number of carbonyl (C=O) groups is 1. The molecule has 0 saturated carbocycles. The van der Waals surface area contributed by atoms with Gasteiger partial charge in [0.25, 0.3) is 0 Å². The lowest BCUT2D eigenvalue weighted by Gasteiger charge is -2.37. The Morgan fingerprint density at radius 2 is 1.71 bits per heavy atom.